The number of unbranched alkanes of at least 4 members (excludes halogenated alkanes) is 19. The minimum atomic E-state index is -4.72. The van der Waals surface area contributed by atoms with Gasteiger partial charge in [0.15, 0.2) is 6.10 Å². The summed E-state index contributed by atoms with van der Waals surface area (Å²) in [7, 11) is -4.72. The number of hydrogen-bond donors (Lipinski definition) is 3. The van der Waals surface area contributed by atoms with Gasteiger partial charge in [-0.05, 0) is 57.8 Å². The number of carboxylic acid groups (broad SMARTS) is 1. The average molecular weight is 798 g/mol. The van der Waals surface area contributed by atoms with Crippen molar-refractivity contribution in [1.29, 1.82) is 0 Å². The van der Waals surface area contributed by atoms with E-state index in [0.29, 0.717) is 12.8 Å². The van der Waals surface area contributed by atoms with Crippen LogP contribution in [0.3, 0.4) is 0 Å². The molecule has 0 aliphatic rings. The molecule has 0 aromatic heterocycles. The standard InChI is InChI=1S/C43H76NO10P/c1-3-5-7-9-11-13-15-17-18-19-20-21-23-24-26-28-30-32-34-41(45)51-36-39(37-52-55(49,50)53-38-40(44)43(47)48)54-42(46)35-33-31-29-27-25-22-16-14-12-10-8-6-4-2/h6,8,10,12,14,16,20-21,39-40H,3-5,7,9,11,13,15,17-19,22-38,44H2,1-2H3,(H,47,48)(H,49,50)/b8-6+,12-10+,16-14+,21-20+/t39?,40-/m1/s1. The largest absolute Gasteiger partial charge is 0.480 e. The zero-order valence-electron chi connectivity index (χ0n) is 34.3. The molecule has 0 aromatic rings. The van der Waals surface area contributed by atoms with E-state index in [2.05, 4.69) is 42.7 Å². The van der Waals surface area contributed by atoms with E-state index >= 15 is 0 Å². The van der Waals surface area contributed by atoms with Gasteiger partial charge in [-0.15, -0.1) is 0 Å². The minimum Gasteiger partial charge on any atom is -0.480 e. The normalized spacial score (nSPS) is 14.3. The van der Waals surface area contributed by atoms with Crippen LogP contribution < -0.4 is 5.73 Å². The molecule has 0 saturated carbocycles. The molecule has 0 aromatic carbocycles. The molecule has 0 bridgehead atoms. The first-order valence-electron chi connectivity index (χ1n) is 21.2. The molecular formula is C43H76NO10P. The molecule has 0 spiro atoms. The molecule has 0 radical (unpaired) electrons. The lowest BCUT2D eigenvalue weighted by Gasteiger charge is -2.20. The van der Waals surface area contributed by atoms with Crippen LogP contribution in [0.25, 0.3) is 0 Å². The van der Waals surface area contributed by atoms with Gasteiger partial charge in [-0.25, -0.2) is 4.57 Å². The van der Waals surface area contributed by atoms with Gasteiger partial charge in [-0.3, -0.25) is 23.4 Å². The SMILES string of the molecule is CC/C=C/C=C/C=C/CCCCCCCC(=O)OC(COC(=O)CCCCCCC/C=C/CCCCCCCCCCC)COP(=O)(O)OC[C@@H](N)C(=O)O. The van der Waals surface area contributed by atoms with Gasteiger partial charge in [0.1, 0.15) is 12.6 Å². The van der Waals surface area contributed by atoms with Crippen molar-refractivity contribution in [2.24, 2.45) is 5.73 Å². The fourth-order valence-electron chi connectivity index (χ4n) is 5.53. The van der Waals surface area contributed by atoms with Crippen LogP contribution in [0.15, 0.2) is 48.6 Å². The maximum atomic E-state index is 12.6. The molecule has 0 aliphatic heterocycles. The Morgan fingerprint density at radius 1 is 0.582 bits per heavy atom. The van der Waals surface area contributed by atoms with E-state index in [9.17, 15) is 23.8 Å². The number of phosphoric acid groups is 1. The quantitative estimate of drug-likeness (QED) is 0.0178. The van der Waals surface area contributed by atoms with Crippen LogP contribution in [0, 0.1) is 0 Å². The predicted molar refractivity (Wildman–Crippen MR) is 222 cm³/mol. The molecule has 12 heteroatoms. The van der Waals surface area contributed by atoms with Crippen molar-refractivity contribution in [3.8, 4) is 0 Å². The number of phosphoric ester groups is 1. The maximum Gasteiger partial charge on any atom is 0.472 e. The lowest BCUT2D eigenvalue weighted by Crippen LogP contribution is -2.34. The molecule has 0 fully saturated rings. The number of hydrogen-bond acceptors (Lipinski definition) is 9. The highest BCUT2D eigenvalue weighted by atomic mass is 31.2. The predicted octanol–water partition coefficient (Wildman–Crippen LogP) is 11.0. The number of esters is 2. The Morgan fingerprint density at radius 2 is 1.04 bits per heavy atom. The lowest BCUT2D eigenvalue weighted by molar-refractivity contribution is -0.161. The van der Waals surface area contributed by atoms with Crippen molar-refractivity contribution in [3.05, 3.63) is 48.6 Å². The Balaban J connectivity index is 4.38. The smallest absolute Gasteiger partial charge is 0.472 e. The summed E-state index contributed by atoms with van der Waals surface area (Å²) in [6, 6.07) is -1.53. The highest BCUT2D eigenvalue weighted by molar-refractivity contribution is 7.47. The van der Waals surface area contributed by atoms with E-state index in [0.717, 1.165) is 77.0 Å². The summed E-state index contributed by atoms with van der Waals surface area (Å²) in [6.45, 7) is 2.63. The molecule has 318 valence electrons. The summed E-state index contributed by atoms with van der Waals surface area (Å²) in [5.74, 6) is -2.42. The van der Waals surface area contributed by atoms with Gasteiger partial charge in [-0.2, -0.15) is 0 Å². The van der Waals surface area contributed by atoms with E-state index in [1.54, 1.807) is 0 Å². The molecule has 55 heavy (non-hydrogen) atoms. The first-order chi connectivity index (χ1) is 26.6. The molecule has 0 aliphatic carbocycles. The van der Waals surface area contributed by atoms with Crippen molar-refractivity contribution >= 4 is 25.7 Å². The zero-order valence-corrected chi connectivity index (χ0v) is 35.2. The van der Waals surface area contributed by atoms with Gasteiger partial charge in [0.05, 0.1) is 13.2 Å². The number of nitrogens with two attached hydrogens (primary N) is 1. The summed E-state index contributed by atoms with van der Waals surface area (Å²) in [5, 5.41) is 8.88. The first kappa shape index (κ1) is 52.4. The molecule has 0 heterocycles. The number of ether oxygens (including phenoxy) is 2. The van der Waals surface area contributed by atoms with Crippen LogP contribution in [0.4, 0.5) is 0 Å². The zero-order chi connectivity index (χ0) is 40.7. The van der Waals surface area contributed by atoms with Gasteiger partial charge >= 0.3 is 25.7 Å². The number of carbonyl (C=O) groups excluding carboxylic acids is 2. The molecule has 3 atom stereocenters. The number of aliphatic carboxylic acids is 1. The second-order valence-corrected chi connectivity index (χ2v) is 15.6. The van der Waals surface area contributed by atoms with Gasteiger partial charge in [0.25, 0.3) is 0 Å². The van der Waals surface area contributed by atoms with E-state index in [4.69, 9.17) is 24.8 Å². The Bertz CT molecular complexity index is 1120. The lowest BCUT2D eigenvalue weighted by atomic mass is 10.1. The van der Waals surface area contributed by atoms with Crippen molar-refractivity contribution in [3.63, 3.8) is 0 Å². The molecular weight excluding hydrogens is 721 g/mol. The Hall–Kier alpha value is -2.56. The summed E-state index contributed by atoms with van der Waals surface area (Å²) in [6.07, 6.45) is 41.8. The molecule has 4 N–H and O–H groups in total. The summed E-state index contributed by atoms with van der Waals surface area (Å²) >= 11 is 0. The van der Waals surface area contributed by atoms with Crippen LogP contribution in [0.5, 0.6) is 0 Å². The molecule has 0 saturated heterocycles. The molecule has 2 unspecified atom stereocenters. The second-order valence-electron chi connectivity index (χ2n) is 14.2. The maximum absolute atomic E-state index is 12.6. The fourth-order valence-corrected chi connectivity index (χ4v) is 6.31. The van der Waals surface area contributed by atoms with Gasteiger partial charge in [0.2, 0.25) is 0 Å². The van der Waals surface area contributed by atoms with Crippen molar-refractivity contribution in [2.75, 3.05) is 19.8 Å². The van der Waals surface area contributed by atoms with Crippen molar-refractivity contribution in [1.82, 2.24) is 0 Å². The third-order valence-electron chi connectivity index (χ3n) is 8.87. The number of rotatable bonds is 39. The van der Waals surface area contributed by atoms with Gasteiger partial charge in [0, 0.05) is 12.8 Å². The van der Waals surface area contributed by atoms with Crippen LogP contribution in [-0.4, -0.2) is 59.9 Å². The fraction of sp³-hybridized carbons (Fsp3) is 0.744. The van der Waals surface area contributed by atoms with E-state index in [1.807, 2.05) is 24.3 Å². The molecule has 11 nitrogen and oxygen atoms in total. The topological polar surface area (TPSA) is 172 Å². The van der Waals surface area contributed by atoms with E-state index in [1.165, 1.54) is 57.8 Å². The van der Waals surface area contributed by atoms with Crippen LogP contribution in [0.2, 0.25) is 0 Å². The van der Waals surface area contributed by atoms with Crippen LogP contribution in [0.1, 0.15) is 174 Å². The highest BCUT2D eigenvalue weighted by Gasteiger charge is 2.28. The van der Waals surface area contributed by atoms with Gasteiger partial charge in [-0.1, -0.05) is 152 Å². The summed E-state index contributed by atoms with van der Waals surface area (Å²) < 4.78 is 32.6. The third kappa shape index (κ3) is 38.1. The van der Waals surface area contributed by atoms with Crippen molar-refractivity contribution < 1.29 is 47.5 Å². The van der Waals surface area contributed by atoms with Crippen LogP contribution >= 0.6 is 7.82 Å². The van der Waals surface area contributed by atoms with Gasteiger partial charge < -0.3 is 25.2 Å². The third-order valence-corrected chi connectivity index (χ3v) is 9.82. The number of carbonyl (C=O) groups is 3. The average Bonchev–Trinajstić information content (AvgIpc) is 3.16. The molecule has 0 amide bonds. The summed E-state index contributed by atoms with van der Waals surface area (Å²) in [4.78, 5) is 45.9. The number of allylic oxidation sites excluding steroid dienone is 8. The minimum absolute atomic E-state index is 0.135. The second kappa shape index (κ2) is 38.3. The monoisotopic (exact) mass is 798 g/mol. The Morgan fingerprint density at radius 3 is 1.56 bits per heavy atom. The van der Waals surface area contributed by atoms with E-state index < -0.39 is 51.1 Å². The van der Waals surface area contributed by atoms with E-state index in [-0.39, 0.29) is 19.4 Å². The van der Waals surface area contributed by atoms with Crippen LogP contribution in [-0.2, 0) is 37.5 Å². The summed E-state index contributed by atoms with van der Waals surface area (Å²) in [5.41, 5.74) is 5.32. The molecule has 0 rings (SSSR count). The number of carboxylic acids is 1. The Kier molecular flexibility index (Phi) is 36.5. The first-order valence-corrected chi connectivity index (χ1v) is 22.7. The highest BCUT2D eigenvalue weighted by Crippen LogP contribution is 2.43. The van der Waals surface area contributed by atoms with Crippen molar-refractivity contribution in [2.45, 2.75) is 187 Å². The Labute approximate surface area is 333 Å².